The Hall–Kier alpha value is -3.83. The van der Waals surface area contributed by atoms with Crippen LogP contribution in [0.1, 0.15) is 38.7 Å². The lowest BCUT2D eigenvalue weighted by Gasteiger charge is -2.20. The number of alkyl halides is 3. The van der Waals surface area contributed by atoms with Crippen LogP contribution in [0, 0.1) is 5.82 Å². The second-order valence-electron chi connectivity index (χ2n) is 7.78. The van der Waals surface area contributed by atoms with Crippen molar-refractivity contribution < 1.29 is 45.6 Å². The lowest BCUT2D eigenvalue weighted by molar-refractivity contribution is -0.150. The lowest BCUT2D eigenvalue weighted by atomic mass is 10.0. The molecule has 0 spiro atoms. The molecule has 0 saturated heterocycles. The van der Waals surface area contributed by atoms with Crippen molar-refractivity contribution in [3.63, 3.8) is 0 Å². The summed E-state index contributed by atoms with van der Waals surface area (Å²) in [5.41, 5.74) is -1.27. The predicted molar refractivity (Wildman–Crippen MR) is 124 cm³/mol. The van der Waals surface area contributed by atoms with Gasteiger partial charge in [-0.2, -0.15) is 13.2 Å². The standard InChI is InChI=1S/C26H18F4O6S/c1-34-23(17-5-3-4-6-19(17)26(28,29)30)25(32)36-20-12-15-11-16(27)8-10-21(15)37(33)22-13-14(24(31)35-2)7-9-18(20)22/h3-13,23H,1-2H3. The maximum atomic E-state index is 14.0. The summed E-state index contributed by atoms with van der Waals surface area (Å²) >= 11 is 0. The van der Waals surface area contributed by atoms with Crippen molar-refractivity contribution in [2.45, 2.75) is 22.1 Å². The largest absolute Gasteiger partial charge is 0.465 e. The molecule has 3 aromatic carbocycles. The highest BCUT2D eigenvalue weighted by molar-refractivity contribution is 7.85. The van der Waals surface area contributed by atoms with E-state index in [1.54, 1.807) is 0 Å². The number of hydrogen-bond acceptors (Lipinski definition) is 6. The summed E-state index contributed by atoms with van der Waals surface area (Å²) in [6.45, 7) is 0. The zero-order valence-corrected chi connectivity index (χ0v) is 20.1. The summed E-state index contributed by atoms with van der Waals surface area (Å²) < 4.78 is 83.4. The van der Waals surface area contributed by atoms with Crippen molar-refractivity contribution in [2.75, 3.05) is 14.2 Å². The summed E-state index contributed by atoms with van der Waals surface area (Å²) in [5, 5.41) is 0. The summed E-state index contributed by atoms with van der Waals surface area (Å²) in [7, 11) is 0.277. The molecule has 0 amide bonds. The monoisotopic (exact) mass is 534 g/mol. The molecule has 0 aromatic heterocycles. The van der Waals surface area contributed by atoms with Gasteiger partial charge in [-0.3, -0.25) is 0 Å². The van der Waals surface area contributed by atoms with Crippen LogP contribution in [0.4, 0.5) is 17.6 Å². The van der Waals surface area contributed by atoms with Crippen LogP contribution in [-0.2, 0) is 36.0 Å². The third kappa shape index (κ3) is 5.18. The van der Waals surface area contributed by atoms with E-state index >= 15 is 0 Å². The van der Waals surface area contributed by atoms with E-state index in [-0.39, 0.29) is 32.2 Å². The first kappa shape index (κ1) is 26.2. The van der Waals surface area contributed by atoms with Gasteiger partial charge in [-0.1, -0.05) is 18.2 Å². The number of rotatable bonds is 5. The van der Waals surface area contributed by atoms with Crippen LogP contribution in [0.2, 0.25) is 0 Å². The Morgan fingerprint density at radius 2 is 1.68 bits per heavy atom. The number of carbonyl (C=O) groups is 2. The van der Waals surface area contributed by atoms with E-state index in [4.69, 9.17) is 14.2 Å². The van der Waals surface area contributed by atoms with E-state index in [1.165, 1.54) is 49.6 Å². The first-order chi connectivity index (χ1) is 17.5. The average molecular weight is 534 g/mol. The number of ether oxygens (including phenoxy) is 3. The van der Waals surface area contributed by atoms with Crippen LogP contribution in [0.15, 0.2) is 70.5 Å². The van der Waals surface area contributed by atoms with Gasteiger partial charge in [0.15, 0.2) is 6.10 Å². The molecule has 0 saturated carbocycles. The van der Waals surface area contributed by atoms with Gasteiger partial charge < -0.3 is 14.2 Å². The minimum atomic E-state index is -4.76. The van der Waals surface area contributed by atoms with E-state index in [0.717, 1.165) is 31.4 Å². The maximum Gasteiger partial charge on any atom is 0.416 e. The molecular formula is C26H18F4O6S. The normalized spacial score (nSPS) is 15.5. The number of esters is 2. The second-order valence-corrected chi connectivity index (χ2v) is 9.20. The van der Waals surface area contributed by atoms with Gasteiger partial charge >= 0.3 is 18.1 Å². The molecule has 6 nitrogen and oxygen atoms in total. The SMILES string of the molecule is COC(=O)c1ccc2c(c1)S(=O)c1ccc(F)cc1C=C2OC(=O)C(OC)c1ccccc1C(F)(F)F. The van der Waals surface area contributed by atoms with Crippen molar-refractivity contribution in [1.82, 2.24) is 0 Å². The fraction of sp³-hybridized carbons (Fsp3) is 0.154. The van der Waals surface area contributed by atoms with Crippen LogP contribution in [0.3, 0.4) is 0 Å². The van der Waals surface area contributed by atoms with Crippen LogP contribution in [0.25, 0.3) is 11.8 Å². The van der Waals surface area contributed by atoms with E-state index in [0.29, 0.717) is 0 Å². The predicted octanol–water partition coefficient (Wildman–Crippen LogP) is 5.54. The Bertz CT molecular complexity index is 1450. The number of fused-ring (bicyclic) bond motifs is 2. The van der Waals surface area contributed by atoms with Crippen LogP contribution in [0.5, 0.6) is 0 Å². The summed E-state index contributed by atoms with van der Waals surface area (Å²) in [5.74, 6) is -2.79. The molecule has 2 atom stereocenters. The summed E-state index contributed by atoms with van der Waals surface area (Å²) in [6, 6.07) is 11.8. The molecule has 1 heterocycles. The number of halogens is 4. The molecule has 1 aliphatic heterocycles. The molecule has 0 aliphatic carbocycles. The van der Waals surface area contributed by atoms with Gasteiger partial charge in [-0.25, -0.2) is 18.2 Å². The molecule has 192 valence electrons. The van der Waals surface area contributed by atoms with Gasteiger partial charge in [-0.15, -0.1) is 0 Å². The lowest BCUT2D eigenvalue weighted by Crippen LogP contribution is -2.21. The highest BCUT2D eigenvalue weighted by atomic mass is 32.2. The first-order valence-electron chi connectivity index (χ1n) is 10.6. The summed E-state index contributed by atoms with van der Waals surface area (Å²) in [6.07, 6.45) is -5.28. The number of hydrogen-bond donors (Lipinski definition) is 0. The fourth-order valence-electron chi connectivity index (χ4n) is 3.84. The maximum absolute atomic E-state index is 14.0. The van der Waals surface area contributed by atoms with Gasteiger partial charge in [-0.05, 0) is 54.1 Å². The molecule has 11 heteroatoms. The molecule has 0 N–H and O–H groups in total. The van der Waals surface area contributed by atoms with Crippen molar-refractivity contribution in [3.8, 4) is 0 Å². The summed E-state index contributed by atoms with van der Waals surface area (Å²) in [4.78, 5) is 25.4. The van der Waals surface area contributed by atoms with Gasteiger partial charge in [0, 0.05) is 18.2 Å². The Morgan fingerprint density at radius 3 is 2.35 bits per heavy atom. The molecular weight excluding hydrogens is 516 g/mol. The third-order valence-corrected chi connectivity index (χ3v) is 7.04. The van der Waals surface area contributed by atoms with Crippen LogP contribution < -0.4 is 0 Å². The molecule has 0 radical (unpaired) electrons. The Kier molecular flexibility index (Phi) is 7.28. The Labute approximate surface area is 210 Å². The molecule has 2 unspecified atom stereocenters. The van der Waals surface area contributed by atoms with Crippen molar-refractivity contribution in [3.05, 3.63) is 94.3 Å². The zero-order chi connectivity index (χ0) is 26.9. The molecule has 3 aromatic rings. The average Bonchev–Trinajstić information content (AvgIpc) is 2.97. The van der Waals surface area contributed by atoms with E-state index in [1.807, 2.05) is 0 Å². The molecule has 4 rings (SSSR count). The van der Waals surface area contributed by atoms with E-state index in [2.05, 4.69) is 0 Å². The van der Waals surface area contributed by atoms with Crippen LogP contribution >= 0.6 is 0 Å². The number of carbonyl (C=O) groups excluding carboxylic acids is 2. The van der Waals surface area contributed by atoms with E-state index < -0.39 is 52.0 Å². The minimum Gasteiger partial charge on any atom is -0.465 e. The van der Waals surface area contributed by atoms with Crippen LogP contribution in [-0.4, -0.2) is 30.4 Å². The van der Waals surface area contributed by atoms with E-state index in [9.17, 15) is 31.4 Å². The second kappa shape index (κ2) is 10.3. The Balaban J connectivity index is 1.83. The molecule has 0 bridgehead atoms. The first-order valence-corrected chi connectivity index (χ1v) is 11.8. The fourth-order valence-corrected chi connectivity index (χ4v) is 5.21. The van der Waals surface area contributed by atoms with Gasteiger partial charge in [0.1, 0.15) is 11.6 Å². The highest BCUT2D eigenvalue weighted by Gasteiger charge is 2.38. The number of benzene rings is 3. The molecule has 0 fully saturated rings. The number of methoxy groups -OCH3 is 2. The van der Waals surface area contributed by atoms with Gasteiger partial charge in [0.2, 0.25) is 0 Å². The van der Waals surface area contributed by atoms with Gasteiger partial charge in [0.05, 0.1) is 38.8 Å². The van der Waals surface area contributed by atoms with Crippen molar-refractivity contribution in [2.24, 2.45) is 0 Å². The third-order valence-electron chi connectivity index (χ3n) is 5.54. The van der Waals surface area contributed by atoms with Gasteiger partial charge in [0.25, 0.3) is 0 Å². The Morgan fingerprint density at radius 1 is 0.946 bits per heavy atom. The minimum absolute atomic E-state index is 0.0527. The smallest absolute Gasteiger partial charge is 0.416 e. The molecule has 1 aliphatic rings. The topological polar surface area (TPSA) is 78.9 Å². The van der Waals surface area contributed by atoms with Crippen molar-refractivity contribution in [1.29, 1.82) is 0 Å². The molecule has 37 heavy (non-hydrogen) atoms. The zero-order valence-electron chi connectivity index (χ0n) is 19.3. The quantitative estimate of drug-likeness (QED) is 0.316. The van der Waals surface area contributed by atoms with Crippen molar-refractivity contribution >= 4 is 34.6 Å². The highest BCUT2D eigenvalue weighted by Crippen LogP contribution is 2.39.